The number of nitrogens with one attached hydrogen (secondary N) is 7. The van der Waals surface area contributed by atoms with Gasteiger partial charge in [-0.25, -0.2) is 22.7 Å². The van der Waals surface area contributed by atoms with Crippen LogP contribution >= 0.6 is 0 Å². The predicted octanol–water partition coefficient (Wildman–Crippen LogP) is 4.45. The number of nitrogens with two attached hydrogens (primary N) is 1. The van der Waals surface area contributed by atoms with E-state index in [2.05, 4.69) is 36.6 Å². The van der Waals surface area contributed by atoms with Gasteiger partial charge in [-0.1, -0.05) is 111 Å². The fraction of sp³-hybridized carbons (Fsp3) is 0.677. The van der Waals surface area contributed by atoms with Gasteiger partial charge in [-0.05, 0) is 120 Å². The van der Waals surface area contributed by atoms with E-state index in [1.165, 1.54) is 38.5 Å². The largest absolute Gasteiger partial charge is 0.444 e. The molecule has 1 aliphatic heterocycles. The summed E-state index contributed by atoms with van der Waals surface area (Å²) in [5, 5.41) is 16.6. The minimum Gasteiger partial charge on any atom is -0.444 e. The maximum Gasteiger partial charge on any atom is 0.408 e. The number of sulfonamides is 1. The van der Waals surface area contributed by atoms with Gasteiger partial charge in [0.2, 0.25) is 35.4 Å². The van der Waals surface area contributed by atoms with Crippen LogP contribution in [0.25, 0.3) is 0 Å². The maximum absolute atomic E-state index is 14.6. The molecule has 0 aromatic heterocycles. The summed E-state index contributed by atoms with van der Waals surface area (Å²) in [6.07, 6.45) is 0.305. The van der Waals surface area contributed by atoms with Crippen molar-refractivity contribution in [2.45, 2.75) is 211 Å². The summed E-state index contributed by atoms with van der Waals surface area (Å²) in [7, 11) is 3.68. The number of likely N-dealkylation sites (N-methyl/N-ethyl adjacent to an activating group) is 2. The van der Waals surface area contributed by atoms with E-state index in [4.69, 9.17) is 19.9 Å². The summed E-state index contributed by atoms with van der Waals surface area (Å²) < 4.78 is 47.8. The van der Waals surface area contributed by atoms with Gasteiger partial charge < -0.3 is 61.6 Å². The van der Waals surface area contributed by atoms with Crippen molar-refractivity contribution in [1.29, 1.82) is 0 Å². The summed E-state index contributed by atoms with van der Waals surface area (Å²) >= 11 is 0. The van der Waals surface area contributed by atoms with Crippen LogP contribution < -0.4 is 42.4 Å². The second-order valence-electron chi connectivity index (χ2n) is 26.7. The first-order valence-corrected chi connectivity index (χ1v) is 33.3. The third-order valence-electron chi connectivity index (χ3n) is 17.1. The van der Waals surface area contributed by atoms with Crippen LogP contribution in [0.3, 0.4) is 0 Å². The normalized spacial score (nSPS) is 18.1. The topological polar surface area (TPSA) is 335 Å². The molecule has 4 rings (SSSR count). The van der Waals surface area contributed by atoms with Crippen molar-refractivity contribution in [2.24, 2.45) is 35.3 Å². The highest BCUT2D eigenvalue weighted by Gasteiger charge is 2.48. The first kappa shape index (κ1) is 76.6. The molecule has 0 bridgehead atoms. The lowest BCUT2D eigenvalue weighted by Crippen LogP contribution is -2.59. The molecular formula is C65H105N11O14S. The SMILES string of the molecule is CC[C@H](C)[C@@H]([C@@H](CC(=O)N1CCC[C@H]1[C@H](OC)[C@@H](C)C(=O)N[C@@H](Cc1ccccc1)C(=O)NS(=O)(=O)c1ccc(C2(NC(=O)C(CCCNC(N)=O)NC(=O)[C@@H](NC(=O)OC(C)(C)C)C(C)C)CC2)cc1)OC)N(C)C(=O)[C@@H](NC(=O)[C@H](C(C)C)N(C)C)C(C)C. The number of carbonyl (C=O) groups excluding carboxylic acids is 9. The Labute approximate surface area is 539 Å². The number of nitrogens with zero attached hydrogens (tertiary/aromatic N) is 3. The molecule has 1 heterocycles. The van der Waals surface area contributed by atoms with Crippen molar-refractivity contribution in [3.05, 3.63) is 65.7 Å². The van der Waals surface area contributed by atoms with Crippen LogP contribution in [0.1, 0.15) is 146 Å². The second-order valence-corrected chi connectivity index (χ2v) is 28.3. The van der Waals surface area contributed by atoms with Gasteiger partial charge in [0.05, 0.1) is 53.1 Å². The highest BCUT2D eigenvalue weighted by atomic mass is 32.2. The van der Waals surface area contributed by atoms with Gasteiger partial charge in [0, 0.05) is 40.8 Å². The van der Waals surface area contributed by atoms with E-state index < -0.39 is 123 Å². The van der Waals surface area contributed by atoms with Crippen LogP contribution in [-0.2, 0) is 69.8 Å². The van der Waals surface area contributed by atoms with E-state index in [9.17, 15) is 51.6 Å². The van der Waals surface area contributed by atoms with Gasteiger partial charge in [0.25, 0.3) is 15.9 Å². The number of amides is 10. The van der Waals surface area contributed by atoms with E-state index in [1.54, 1.807) is 88.7 Å². The quantitative estimate of drug-likeness (QED) is 0.0449. The first-order chi connectivity index (χ1) is 42.5. The molecule has 25 nitrogen and oxygen atoms in total. The highest BCUT2D eigenvalue weighted by molar-refractivity contribution is 7.90. The Morgan fingerprint density at radius 2 is 1.34 bits per heavy atom. The lowest BCUT2D eigenvalue weighted by Gasteiger charge is -2.41. The number of likely N-dealkylation sites (tertiary alicyclic amines) is 1. The van der Waals surface area contributed by atoms with Crippen molar-refractivity contribution in [1.82, 2.24) is 51.3 Å². The Morgan fingerprint density at radius 1 is 0.736 bits per heavy atom. The van der Waals surface area contributed by atoms with Crippen molar-refractivity contribution in [3.63, 3.8) is 0 Å². The summed E-state index contributed by atoms with van der Waals surface area (Å²) in [6, 6.07) is 7.50. The van der Waals surface area contributed by atoms with Gasteiger partial charge in [0.15, 0.2) is 0 Å². The summed E-state index contributed by atoms with van der Waals surface area (Å²) in [5.74, 6) is -5.51. The molecule has 2 fully saturated rings. The Morgan fingerprint density at radius 3 is 1.86 bits per heavy atom. The lowest BCUT2D eigenvalue weighted by atomic mass is 9.89. The van der Waals surface area contributed by atoms with E-state index >= 15 is 0 Å². The smallest absolute Gasteiger partial charge is 0.408 e. The number of alkyl carbamates (subject to hydrolysis) is 1. The van der Waals surface area contributed by atoms with Gasteiger partial charge in [-0.15, -0.1) is 0 Å². The van der Waals surface area contributed by atoms with E-state index in [0.717, 1.165) is 0 Å². The monoisotopic (exact) mass is 1300 g/mol. The molecule has 510 valence electrons. The number of ether oxygens (including phenoxy) is 3. The van der Waals surface area contributed by atoms with Crippen LogP contribution in [-0.4, -0.2) is 185 Å². The Hall–Kier alpha value is -6.90. The number of hydrogen-bond acceptors (Lipinski definition) is 15. The van der Waals surface area contributed by atoms with Crippen LogP contribution in [0.15, 0.2) is 59.5 Å². The fourth-order valence-corrected chi connectivity index (χ4v) is 13.0. The number of primary amides is 1. The fourth-order valence-electron chi connectivity index (χ4n) is 11.9. The van der Waals surface area contributed by atoms with Crippen LogP contribution in [0.2, 0.25) is 0 Å². The van der Waals surface area contributed by atoms with Gasteiger partial charge in [-0.2, -0.15) is 0 Å². The minimum absolute atomic E-state index is 0.0197. The number of rotatable bonds is 34. The molecule has 91 heavy (non-hydrogen) atoms. The molecule has 0 radical (unpaired) electrons. The van der Waals surface area contributed by atoms with Gasteiger partial charge >= 0.3 is 12.1 Å². The van der Waals surface area contributed by atoms with Gasteiger partial charge in [-0.3, -0.25) is 38.5 Å². The number of hydrogen-bond donors (Lipinski definition) is 8. The summed E-state index contributed by atoms with van der Waals surface area (Å²) in [6.45, 7) is 22.2. The molecule has 9 N–H and O–H groups in total. The summed E-state index contributed by atoms with van der Waals surface area (Å²) in [4.78, 5) is 128. The Balaban J connectivity index is 1.52. The zero-order valence-corrected chi connectivity index (χ0v) is 57.4. The highest BCUT2D eigenvalue weighted by Crippen LogP contribution is 2.46. The Kier molecular flexibility index (Phi) is 28.7. The lowest BCUT2D eigenvalue weighted by molar-refractivity contribution is -0.148. The van der Waals surface area contributed by atoms with Crippen molar-refractivity contribution < 1.29 is 65.8 Å². The molecule has 10 amide bonds. The van der Waals surface area contributed by atoms with Crippen LogP contribution in [0.4, 0.5) is 9.59 Å². The van der Waals surface area contributed by atoms with E-state index in [1.807, 2.05) is 60.5 Å². The molecule has 2 aromatic rings. The first-order valence-electron chi connectivity index (χ1n) is 31.8. The minimum atomic E-state index is -4.59. The molecule has 1 aliphatic carbocycles. The molecule has 1 unspecified atom stereocenters. The summed E-state index contributed by atoms with van der Waals surface area (Å²) in [5.41, 5.74) is 4.63. The molecule has 1 saturated carbocycles. The molecule has 0 spiro atoms. The predicted molar refractivity (Wildman–Crippen MR) is 345 cm³/mol. The average molecular weight is 1300 g/mol. The molecular weight excluding hydrogens is 1190 g/mol. The van der Waals surface area contributed by atoms with Crippen LogP contribution in [0, 0.1) is 29.6 Å². The van der Waals surface area contributed by atoms with Crippen LogP contribution in [0.5, 0.6) is 0 Å². The molecule has 2 aliphatic rings. The molecule has 1 saturated heterocycles. The maximum atomic E-state index is 14.6. The number of carbonyl (C=O) groups is 9. The van der Waals surface area contributed by atoms with E-state index in [0.29, 0.717) is 49.8 Å². The molecule has 2 aromatic carbocycles. The zero-order chi connectivity index (χ0) is 68.5. The van der Waals surface area contributed by atoms with Crippen molar-refractivity contribution in [2.75, 3.05) is 48.5 Å². The molecule has 26 heteroatoms. The zero-order valence-electron chi connectivity index (χ0n) is 56.6. The second kappa shape index (κ2) is 34.1. The number of benzene rings is 2. The van der Waals surface area contributed by atoms with Crippen molar-refractivity contribution in [3.8, 4) is 0 Å². The van der Waals surface area contributed by atoms with Crippen molar-refractivity contribution >= 4 is 63.5 Å². The van der Waals surface area contributed by atoms with Gasteiger partial charge in [0.1, 0.15) is 29.8 Å². The third kappa shape index (κ3) is 21.9. The molecule has 11 atom stereocenters. The third-order valence-corrected chi connectivity index (χ3v) is 18.5. The van der Waals surface area contributed by atoms with E-state index in [-0.39, 0.29) is 72.6 Å². The average Bonchev–Trinajstić information content (AvgIpc) is 1.65. The standard InChI is InChI=1S/C65H105N11O14S/c1-18-41(8)54(75(15)61(83)52(39(4)5)70-60(82)53(40(6)7)74(13)14)49(88-16)37-50(77)76-35-23-27-48(76)55(89-17)42(9)56(78)69-47(36-43-24-20-19-21-25-43)58(80)73-91(86,87)45-30-28-44(29-31-45)65(32-33-65)72-57(79)46(26-22-34-67-62(66)84)68-59(81)51(38(2)3)71-63(85)90-64(10,11)12/h19-21,24-25,28-31,38-42,46-49,51-55H,18,22-23,26-27,32-37H2,1-17H3,(H,68,81)(H,69,78)(H,70,82)(H,71,85)(H,72,79)(H,73,80)(H3,66,67,84)/t41-,42+,46?,47-,48-,49+,51-,52-,53-,54-,55+/m0/s1. The Bertz CT molecular complexity index is 2890. The number of urea groups is 1. The number of methoxy groups -OCH3 is 2.